The van der Waals surface area contributed by atoms with E-state index in [1.54, 1.807) is 55.6 Å². The van der Waals surface area contributed by atoms with Crippen LogP contribution >= 0.6 is 11.8 Å². The van der Waals surface area contributed by atoms with Gasteiger partial charge in [-0.15, -0.1) is 11.8 Å². The minimum Gasteiger partial charge on any atom is -0.383 e. The highest BCUT2D eigenvalue weighted by molar-refractivity contribution is 7.98. The topological polar surface area (TPSA) is 134 Å². The first-order valence-corrected chi connectivity index (χ1v) is 12.9. The van der Waals surface area contributed by atoms with Gasteiger partial charge < -0.3 is 20.7 Å². The largest absolute Gasteiger partial charge is 0.383 e. The van der Waals surface area contributed by atoms with Crippen molar-refractivity contribution in [2.45, 2.75) is 9.79 Å². The van der Waals surface area contributed by atoms with Crippen LogP contribution in [0.2, 0.25) is 0 Å². The molecule has 0 aliphatic rings. The molecule has 1 aromatic heterocycles. The molecule has 4 N–H and O–H groups in total. The van der Waals surface area contributed by atoms with E-state index in [9.17, 15) is 13.2 Å². The van der Waals surface area contributed by atoms with Crippen LogP contribution in [-0.4, -0.2) is 57.9 Å². The number of hydrogen-bond donors (Lipinski definition) is 4. The van der Waals surface area contributed by atoms with E-state index >= 15 is 0 Å². The number of aromatic nitrogens is 2. The average Bonchev–Trinajstić information content (AvgIpc) is 2.84. The van der Waals surface area contributed by atoms with Gasteiger partial charge in [-0.2, -0.15) is 0 Å². The molecule has 0 atom stereocenters. The summed E-state index contributed by atoms with van der Waals surface area (Å²) in [6.07, 6.45) is 3.30. The van der Waals surface area contributed by atoms with Gasteiger partial charge in [0.05, 0.1) is 17.2 Å². The van der Waals surface area contributed by atoms with Crippen molar-refractivity contribution in [3.63, 3.8) is 0 Å². The Morgan fingerprint density at radius 3 is 2.38 bits per heavy atom. The molecule has 34 heavy (non-hydrogen) atoms. The summed E-state index contributed by atoms with van der Waals surface area (Å²) in [4.78, 5) is 21.6. The van der Waals surface area contributed by atoms with Crippen LogP contribution in [0.5, 0.6) is 0 Å². The predicted molar refractivity (Wildman–Crippen MR) is 134 cm³/mol. The Balaban J connectivity index is 1.73. The Morgan fingerprint density at radius 2 is 1.74 bits per heavy atom. The van der Waals surface area contributed by atoms with Gasteiger partial charge in [-0.05, 0) is 55.8 Å². The van der Waals surface area contributed by atoms with Crippen LogP contribution in [-0.2, 0) is 14.8 Å². The highest BCUT2D eigenvalue weighted by Crippen LogP contribution is 2.30. The van der Waals surface area contributed by atoms with Crippen molar-refractivity contribution < 1.29 is 17.9 Å². The van der Waals surface area contributed by atoms with Crippen LogP contribution < -0.4 is 20.7 Å². The van der Waals surface area contributed by atoms with Crippen molar-refractivity contribution in [2.24, 2.45) is 0 Å². The van der Waals surface area contributed by atoms with Gasteiger partial charge >= 0.3 is 0 Å². The number of benzene rings is 2. The molecule has 10 nitrogen and oxygen atoms in total. The standard InChI is InChI=1S/C22H26N6O4S2/c1-23-34(30,31)17-8-9-19(33-3)18(12-17)28-21-13-20(25-14-26-21)27-16-6-4-15(5-7-16)22(29)24-10-11-32-2/h4-9,12-14,23H,10-11H2,1-3H3,(H,24,29)(H2,25,26,27,28). The summed E-state index contributed by atoms with van der Waals surface area (Å²) in [5.41, 5.74) is 1.88. The summed E-state index contributed by atoms with van der Waals surface area (Å²) in [5.74, 6) is 0.838. The minimum absolute atomic E-state index is 0.147. The summed E-state index contributed by atoms with van der Waals surface area (Å²) in [5, 5.41) is 9.10. The second-order valence-electron chi connectivity index (χ2n) is 6.93. The molecule has 0 bridgehead atoms. The first kappa shape index (κ1) is 25.4. The minimum atomic E-state index is -3.58. The molecule has 180 valence electrons. The SMILES string of the molecule is CNS(=O)(=O)c1ccc(SC)c(Nc2cc(Nc3ccc(C(=O)NCCOC)cc3)ncn2)c1. The number of ether oxygens (including phenoxy) is 1. The van der Waals surface area contributed by atoms with Crippen LogP contribution in [0.3, 0.4) is 0 Å². The van der Waals surface area contributed by atoms with Gasteiger partial charge in [0.25, 0.3) is 5.91 Å². The molecule has 0 aliphatic carbocycles. The van der Waals surface area contributed by atoms with Crippen LogP contribution in [0.1, 0.15) is 10.4 Å². The number of carbonyl (C=O) groups is 1. The lowest BCUT2D eigenvalue weighted by atomic mass is 10.2. The van der Waals surface area contributed by atoms with Gasteiger partial charge in [0.1, 0.15) is 18.0 Å². The number of nitrogens with one attached hydrogen (secondary N) is 4. The molecular weight excluding hydrogens is 476 g/mol. The lowest BCUT2D eigenvalue weighted by molar-refractivity contribution is 0.0937. The Bertz CT molecular complexity index is 1240. The van der Waals surface area contributed by atoms with Crippen LogP contribution in [0, 0.1) is 0 Å². The molecule has 12 heteroatoms. The zero-order valence-corrected chi connectivity index (χ0v) is 20.6. The van der Waals surface area contributed by atoms with E-state index in [-0.39, 0.29) is 10.8 Å². The molecule has 3 rings (SSSR count). The molecule has 1 amide bonds. The smallest absolute Gasteiger partial charge is 0.251 e. The second kappa shape index (κ2) is 11.8. The normalized spacial score (nSPS) is 11.1. The maximum Gasteiger partial charge on any atom is 0.251 e. The molecule has 0 unspecified atom stereocenters. The highest BCUT2D eigenvalue weighted by atomic mass is 32.2. The molecule has 0 radical (unpaired) electrons. The molecule has 1 heterocycles. The van der Waals surface area contributed by atoms with E-state index in [0.717, 1.165) is 10.6 Å². The fraction of sp³-hybridized carbons (Fsp3) is 0.227. The summed E-state index contributed by atoms with van der Waals surface area (Å²) < 4.78 is 31.6. The lowest BCUT2D eigenvalue weighted by Crippen LogP contribution is -2.26. The molecule has 3 aromatic rings. The first-order valence-electron chi connectivity index (χ1n) is 10.2. The monoisotopic (exact) mass is 502 g/mol. The number of hydrogen-bond acceptors (Lipinski definition) is 9. The summed E-state index contributed by atoms with van der Waals surface area (Å²) in [6.45, 7) is 0.886. The van der Waals surface area contributed by atoms with Gasteiger partial charge in [-0.25, -0.2) is 23.1 Å². The maximum absolute atomic E-state index is 12.2. The van der Waals surface area contributed by atoms with Crippen LogP contribution in [0.25, 0.3) is 0 Å². The molecule has 0 fully saturated rings. The fourth-order valence-electron chi connectivity index (χ4n) is 2.92. The fourth-order valence-corrected chi connectivity index (χ4v) is 4.21. The average molecular weight is 503 g/mol. The van der Waals surface area contributed by atoms with Crippen LogP contribution in [0.15, 0.2) is 64.6 Å². The molecule has 2 aromatic carbocycles. The van der Waals surface area contributed by atoms with Crippen molar-refractivity contribution in [3.05, 3.63) is 60.4 Å². The number of nitrogens with zero attached hydrogens (tertiary/aromatic N) is 2. The zero-order chi connectivity index (χ0) is 24.6. The number of amides is 1. The molecule has 0 spiro atoms. The van der Waals surface area contributed by atoms with Gasteiger partial charge in [0.15, 0.2) is 0 Å². The Morgan fingerprint density at radius 1 is 1.03 bits per heavy atom. The third-order valence-electron chi connectivity index (χ3n) is 4.69. The zero-order valence-electron chi connectivity index (χ0n) is 19.0. The van der Waals surface area contributed by atoms with E-state index < -0.39 is 10.0 Å². The molecule has 0 saturated carbocycles. The van der Waals surface area contributed by atoms with Crippen molar-refractivity contribution in [3.8, 4) is 0 Å². The summed E-state index contributed by atoms with van der Waals surface area (Å²) in [7, 11) is -0.636. The van der Waals surface area contributed by atoms with Gasteiger partial charge in [-0.3, -0.25) is 4.79 Å². The molecule has 0 aliphatic heterocycles. The summed E-state index contributed by atoms with van der Waals surface area (Å²) >= 11 is 1.48. The number of thioether (sulfide) groups is 1. The Labute approximate surface area is 203 Å². The Hall–Kier alpha value is -3.19. The predicted octanol–water partition coefficient (Wildman–Crippen LogP) is 2.97. The number of anilines is 4. The molecule has 0 saturated heterocycles. The quantitative estimate of drug-likeness (QED) is 0.231. The van der Waals surface area contributed by atoms with Crippen molar-refractivity contribution in [1.82, 2.24) is 20.0 Å². The number of sulfonamides is 1. The van der Waals surface area contributed by atoms with E-state index in [4.69, 9.17) is 4.74 Å². The number of carbonyl (C=O) groups excluding carboxylic acids is 1. The van der Waals surface area contributed by atoms with Gasteiger partial charge in [0, 0.05) is 35.9 Å². The van der Waals surface area contributed by atoms with E-state index in [0.29, 0.717) is 36.0 Å². The first-order chi connectivity index (χ1) is 16.4. The third-order valence-corrected chi connectivity index (χ3v) is 6.90. The lowest BCUT2D eigenvalue weighted by Gasteiger charge is -2.13. The van der Waals surface area contributed by atoms with Crippen molar-refractivity contribution in [1.29, 1.82) is 0 Å². The van der Waals surface area contributed by atoms with E-state index in [2.05, 4.69) is 30.6 Å². The van der Waals surface area contributed by atoms with E-state index in [1.165, 1.54) is 25.1 Å². The van der Waals surface area contributed by atoms with Crippen molar-refractivity contribution in [2.75, 3.05) is 44.2 Å². The third kappa shape index (κ3) is 6.67. The van der Waals surface area contributed by atoms with Crippen LogP contribution in [0.4, 0.5) is 23.0 Å². The van der Waals surface area contributed by atoms with E-state index in [1.807, 2.05) is 6.26 Å². The molecular formula is C22H26N6O4S2. The second-order valence-corrected chi connectivity index (χ2v) is 9.67. The van der Waals surface area contributed by atoms with Gasteiger partial charge in [-0.1, -0.05) is 0 Å². The Kier molecular flexibility index (Phi) is 8.82. The summed E-state index contributed by atoms with van der Waals surface area (Å²) in [6, 6.07) is 13.5. The van der Waals surface area contributed by atoms with Gasteiger partial charge in [0.2, 0.25) is 10.0 Å². The number of methoxy groups -OCH3 is 1. The van der Waals surface area contributed by atoms with Crippen molar-refractivity contribution >= 4 is 50.7 Å². The highest BCUT2D eigenvalue weighted by Gasteiger charge is 2.14. The maximum atomic E-state index is 12.2. The number of rotatable bonds is 11.